The third kappa shape index (κ3) is 2.92. The van der Waals surface area contributed by atoms with Gasteiger partial charge in [-0.1, -0.05) is 42.5 Å². The normalized spacial score (nSPS) is 27.0. The van der Waals surface area contributed by atoms with Crippen molar-refractivity contribution in [1.82, 2.24) is 0 Å². The second kappa shape index (κ2) is 8.45. The average molecular weight is 592 g/mol. The van der Waals surface area contributed by atoms with Gasteiger partial charge in [0.05, 0.1) is 33.0 Å². The van der Waals surface area contributed by atoms with E-state index in [4.69, 9.17) is 18.9 Å². The van der Waals surface area contributed by atoms with Crippen molar-refractivity contribution < 1.29 is 29.2 Å². The van der Waals surface area contributed by atoms with Gasteiger partial charge < -0.3 is 29.2 Å². The van der Waals surface area contributed by atoms with Crippen molar-refractivity contribution in [2.24, 2.45) is 0 Å². The minimum absolute atomic E-state index is 0.288. The Kier molecular flexibility index (Phi) is 5.83. The zero-order valence-electron chi connectivity index (χ0n) is 18.8. The first-order chi connectivity index (χ1) is 16.3. The van der Waals surface area contributed by atoms with E-state index in [1.54, 1.807) is 14.2 Å². The lowest BCUT2D eigenvalue weighted by Gasteiger charge is -2.40. The van der Waals surface area contributed by atoms with Crippen molar-refractivity contribution in [2.75, 3.05) is 21.3 Å². The van der Waals surface area contributed by atoms with Crippen LogP contribution in [0.4, 0.5) is 0 Å². The first-order valence-corrected chi connectivity index (χ1v) is 12.4. The molecule has 4 atom stereocenters. The highest BCUT2D eigenvalue weighted by Gasteiger charge is 2.74. The SMILES string of the molecule is COc1ccc([C@]23Oc4c(Br)c(OC)c(Br)c(OC)c4[C@@]2(O)C(O)CC3c2ccccc2)cc1. The summed E-state index contributed by atoms with van der Waals surface area (Å²) in [4.78, 5) is 0. The Morgan fingerprint density at radius 3 is 2.12 bits per heavy atom. The maximum Gasteiger partial charge on any atom is 0.176 e. The van der Waals surface area contributed by atoms with E-state index in [1.165, 1.54) is 7.11 Å². The van der Waals surface area contributed by atoms with Gasteiger partial charge in [-0.3, -0.25) is 0 Å². The molecule has 178 valence electrons. The lowest BCUT2D eigenvalue weighted by Crippen LogP contribution is -2.52. The van der Waals surface area contributed by atoms with Gasteiger partial charge in [0.1, 0.15) is 26.2 Å². The molecule has 8 heteroatoms. The topological polar surface area (TPSA) is 77.4 Å². The van der Waals surface area contributed by atoms with Crippen molar-refractivity contribution in [3.8, 4) is 23.0 Å². The fraction of sp³-hybridized carbons (Fsp3) is 0.308. The molecule has 6 nitrogen and oxygen atoms in total. The predicted octanol–water partition coefficient (Wildman–Crippen LogP) is 5.26. The molecule has 0 spiro atoms. The van der Waals surface area contributed by atoms with Gasteiger partial charge in [-0.2, -0.15) is 0 Å². The molecule has 0 radical (unpaired) electrons. The standard InChI is InChI=1S/C26H24Br2O6/c1-31-16-11-9-15(10-12-16)26-17(14-7-5-4-6-8-14)13-18(29)25(26,30)19-22(32-2)20(27)24(33-3)21(28)23(19)34-26/h4-12,17-18,29-30H,13H2,1-3H3/t17?,18?,25-,26+/m0/s1. The van der Waals surface area contributed by atoms with Crippen LogP contribution in [0.15, 0.2) is 63.5 Å². The van der Waals surface area contributed by atoms with E-state index < -0.39 is 17.3 Å². The number of hydrogen-bond donors (Lipinski definition) is 2. The van der Waals surface area contributed by atoms with Gasteiger partial charge in [-0.05, 0) is 61.5 Å². The fourth-order valence-electron chi connectivity index (χ4n) is 5.55. The molecule has 0 bridgehead atoms. The van der Waals surface area contributed by atoms with E-state index in [9.17, 15) is 10.2 Å². The van der Waals surface area contributed by atoms with Gasteiger partial charge >= 0.3 is 0 Å². The highest BCUT2D eigenvalue weighted by molar-refractivity contribution is 9.11. The molecule has 1 saturated carbocycles. The molecule has 1 aliphatic carbocycles. The Morgan fingerprint density at radius 1 is 0.882 bits per heavy atom. The van der Waals surface area contributed by atoms with Gasteiger partial charge in [-0.25, -0.2) is 0 Å². The molecular weight excluding hydrogens is 568 g/mol. The van der Waals surface area contributed by atoms with E-state index in [2.05, 4.69) is 31.9 Å². The average Bonchev–Trinajstić information content (AvgIpc) is 3.27. The first kappa shape index (κ1) is 23.5. The zero-order chi connectivity index (χ0) is 24.3. The molecular formula is C26H24Br2O6. The van der Waals surface area contributed by atoms with Crippen LogP contribution in [0.25, 0.3) is 0 Å². The summed E-state index contributed by atoms with van der Waals surface area (Å²) >= 11 is 7.16. The number of benzene rings is 3. The van der Waals surface area contributed by atoms with Gasteiger partial charge in [0.2, 0.25) is 0 Å². The molecule has 34 heavy (non-hydrogen) atoms. The molecule has 1 fully saturated rings. The summed E-state index contributed by atoms with van der Waals surface area (Å²) in [6.07, 6.45) is -0.849. The van der Waals surface area contributed by atoms with E-state index in [-0.39, 0.29) is 12.3 Å². The number of aliphatic hydroxyl groups is 2. The van der Waals surface area contributed by atoms with Crippen LogP contribution in [0.5, 0.6) is 23.0 Å². The van der Waals surface area contributed by atoms with Crippen LogP contribution in [0.1, 0.15) is 29.0 Å². The third-order valence-corrected chi connectivity index (χ3v) is 8.46. The van der Waals surface area contributed by atoms with E-state index in [0.29, 0.717) is 43.1 Å². The van der Waals surface area contributed by atoms with Crippen LogP contribution < -0.4 is 18.9 Å². The number of fused-ring (bicyclic) bond motifs is 3. The summed E-state index contributed by atoms with van der Waals surface area (Å²) in [7, 11) is 4.66. The van der Waals surface area contributed by atoms with E-state index >= 15 is 0 Å². The maximum atomic E-state index is 12.6. The summed E-state index contributed by atoms with van der Waals surface area (Å²) in [6, 6.07) is 17.2. The smallest absolute Gasteiger partial charge is 0.176 e. The number of hydrogen-bond acceptors (Lipinski definition) is 6. The largest absolute Gasteiger partial charge is 0.497 e. The molecule has 0 saturated heterocycles. The first-order valence-electron chi connectivity index (χ1n) is 10.8. The van der Waals surface area contributed by atoms with Crippen LogP contribution in [-0.4, -0.2) is 37.6 Å². The van der Waals surface area contributed by atoms with Crippen LogP contribution in [0.2, 0.25) is 0 Å². The quantitative estimate of drug-likeness (QED) is 0.421. The van der Waals surface area contributed by atoms with Crippen molar-refractivity contribution in [2.45, 2.75) is 29.6 Å². The highest BCUT2D eigenvalue weighted by atomic mass is 79.9. The number of methoxy groups -OCH3 is 3. The summed E-state index contributed by atoms with van der Waals surface area (Å²) in [5, 5.41) is 24.1. The molecule has 0 aromatic heterocycles. The molecule has 2 aliphatic rings. The predicted molar refractivity (Wildman–Crippen MR) is 134 cm³/mol. The molecule has 3 aromatic carbocycles. The number of halogens is 2. The number of ether oxygens (including phenoxy) is 4. The Labute approximate surface area is 214 Å². The minimum atomic E-state index is -1.82. The monoisotopic (exact) mass is 590 g/mol. The van der Waals surface area contributed by atoms with Crippen LogP contribution in [0.3, 0.4) is 0 Å². The van der Waals surface area contributed by atoms with E-state index in [1.807, 2.05) is 54.6 Å². The van der Waals surface area contributed by atoms with Crippen LogP contribution in [0, 0.1) is 0 Å². The fourth-order valence-corrected chi connectivity index (χ4v) is 7.17. The Morgan fingerprint density at radius 2 is 1.53 bits per heavy atom. The highest BCUT2D eigenvalue weighted by Crippen LogP contribution is 2.71. The molecule has 3 aromatic rings. The summed E-state index contributed by atoms with van der Waals surface area (Å²) < 4.78 is 24.5. The summed E-state index contributed by atoms with van der Waals surface area (Å²) in [5.74, 6) is 1.50. The van der Waals surface area contributed by atoms with Crippen molar-refractivity contribution in [3.63, 3.8) is 0 Å². The van der Waals surface area contributed by atoms with Gasteiger partial charge in [0.15, 0.2) is 17.0 Å². The second-order valence-corrected chi connectivity index (χ2v) is 10.0. The van der Waals surface area contributed by atoms with Gasteiger partial charge in [0.25, 0.3) is 0 Å². The van der Waals surface area contributed by atoms with Crippen LogP contribution >= 0.6 is 31.9 Å². The van der Waals surface area contributed by atoms with Crippen LogP contribution in [-0.2, 0) is 11.2 Å². The summed E-state index contributed by atoms with van der Waals surface area (Å²) in [5.41, 5.74) is -1.13. The summed E-state index contributed by atoms with van der Waals surface area (Å²) in [6.45, 7) is 0. The van der Waals surface area contributed by atoms with Gasteiger partial charge in [-0.15, -0.1) is 0 Å². The Bertz CT molecular complexity index is 1230. The van der Waals surface area contributed by atoms with E-state index in [0.717, 1.165) is 5.56 Å². The Balaban J connectivity index is 1.86. The lowest BCUT2D eigenvalue weighted by molar-refractivity contribution is -0.150. The third-order valence-electron chi connectivity index (χ3n) is 7.02. The zero-order valence-corrected chi connectivity index (χ0v) is 22.0. The molecule has 0 amide bonds. The lowest BCUT2D eigenvalue weighted by atomic mass is 9.71. The molecule has 1 heterocycles. The van der Waals surface area contributed by atoms with Crippen molar-refractivity contribution in [3.05, 3.63) is 80.2 Å². The Hall–Kier alpha value is -2.26. The van der Waals surface area contributed by atoms with Gasteiger partial charge in [0, 0.05) is 5.92 Å². The molecule has 2 unspecified atom stereocenters. The maximum absolute atomic E-state index is 12.6. The number of rotatable bonds is 5. The molecule has 5 rings (SSSR count). The van der Waals surface area contributed by atoms with Crippen molar-refractivity contribution in [1.29, 1.82) is 0 Å². The second-order valence-electron chi connectivity index (χ2n) is 8.45. The minimum Gasteiger partial charge on any atom is -0.497 e. The van der Waals surface area contributed by atoms with Crippen molar-refractivity contribution >= 4 is 31.9 Å². The number of aliphatic hydroxyl groups excluding tert-OH is 1. The molecule has 1 aliphatic heterocycles. The molecule has 2 N–H and O–H groups in total.